The third-order valence-electron chi connectivity index (χ3n) is 4.63. The molecule has 0 radical (unpaired) electrons. The highest BCUT2D eigenvalue weighted by molar-refractivity contribution is 5.79. The minimum Gasteiger partial charge on any atom is -0.479 e. The minimum absolute atomic E-state index is 0.110. The molecule has 3 rings (SSSR count). The molecular formula is C23H24O6. The molecule has 3 aromatic rings. The molecule has 6 nitrogen and oxygen atoms in total. The summed E-state index contributed by atoms with van der Waals surface area (Å²) in [5, 5.41) is 0.362. The van der Waals surface area contributed by atoms with Crippen LogP contribution in [0.5, 0.6) is 17.2 Å². The third-order valence-corrected chi connectivity index (χ3v) is 4.63. The Morgan fingerprint density at radius 2 is 1.86 bits per heavy atom. The Kier molecular flexibility index (Phi) is 5.92. The zero-order valence-electron chi connectivity index (χ0n) is 17.2. The first-order chi connectivity index (χ1) is 13.8. The highest BCUT2D eigenvalue weighted by Gasteiger charge is 2.17. The van der Waals surface area contributed by atoms with E-state index >= 15 is 0 Å². The van der Waals surface area contributed by atoms with Crippen molar-refractivity contribution >= 4 is 16.9 Å². The molecule has 1 heterocycles. The van der Waals surface area contributed by atoms with Crippen molar-refractivity contribution in [3.8, 4) is 17.2 Å². The molecule has 0 bridgehead atoms. The van der Waals surface area contributed by atoms with Crippen LogP contribution in [-0.2, 0) is 9.53 Å². The van der Waals surface area contributed by atoms with Gasteiger partial charge in [-0.2, -0.15) is 0 Å². The quantitative estimate of drug-likeness (QED) is 0.555. The Labute approximate surface area is 169 Å². The molecule has 0 amide bonds. The first-order valence-electron chi connectivity index (χ1n) is 9.44. The lowest BCUT2D eigenvalue weighted by molar-refractivity contribution is -0.150. The van der Waals surface area contributed by atoms with E-state index in [1.807, 2.05) is 26.8 Å². The number of hydrogen-bond donors (Lipinski definition) is 0. The van der Waals surface area contributed by atoms with Crippen molar-refractivity contribution in [2.75, 3.05) is 6.61 Å². The van der Waals surface area contributed by atoms with Gasteiger partial charge in [-0.05, 0) is 69.5 Å². The summed E-state index contributed by atoms with van der Waals surface area (Å²) in [5.74, 6) is 0.679. The minimum atomic E-state index is -0.769. The van der Waals surface area contributed by atoms with Crippen LogP contribution < -0.4 is 14.9 Å². The van der Waals surface area contributed by atoms with E-state index in [0.29, 0.717) is 22.5 Å². The van der Waals surface area contributed by atoms with Crippen LogP contribution in [0.1, 0.15) is 30.5 Å². The van der Waals surface area contributed by atoms with Crippen LogP contribution in [0.4, 0.5) is 0 Å². The normalized spacial score (nSPS) is 11.9. The second-order valence-electron chi connectivity index (χ2n) is 6.91. The molecule has 1 unspecified atom stereocenters. The molecule has 0 saturated carbocycles. The summed E-state index contributed by atoms with van der Waals surface area (Å²) in [7, 11) is 0. The van der Waals surface area contributed by atoms with Crippen LogP contribution in [-0.4, -0.2) is 18.7 Å². The molecule has 6 heteroatoms. The molecular weight excluding hydrogens is 372 g/mol. The van der Waals surface area contributed by atoms with E-state index in [-0.39, 0.29) is 17.8 Å². The molecule has 0 saturated heterocycles. The smallest absolute Gasteiger partial charge is 0.347 e. The SMILES string of the molecule is CCOC(=O)C(C)Oc1ccc2c(=O)c(Oc3cc(C)cc(C)c3C)coc2c1. The van der Waals surface area contributed by atoms with Crippen molar-refractivity contribution in [3.05, 3.63) is 63.5 Å². The third kappa shape index (κ3) is 4.42. The van der Waals surface area contributed by atoms with Gasteiger partial charge in [-0.15, -0.1) is 0 Å². The summed E-state index contributed by atoms with van der Waals surface area (Å²) < 4.78 is 22.0. The van der Waals surface area contributed by atoms with Gasteiger partial charge in [0.1, 0.15) is 23.3 Å². The van der Waals surface area contributed by atoms with Gasteiger partial charge in [0.2, 0.25) is 11.2 Å². The van der Waals surface area contributed by atoms with Crippen molar-refractivity contribution in [2.24, 2.45) is 0 Å². The number of hydrogen-bond acceptors (Lipinski definition) is 6. The fourth-order valence-corrected chi connectivity index (χ4v) is 2.97. The van der Waals surface area contributed by atoms with Crippen LogP contribution >= 0.6 is 0 Å². The predicted molar refractivity (Wildman–Crippen MR) is 110 cm³/mol. The molecule has 0 spiro atoms. The molecule has 152 valence electrons. The van der Waals surface area contributed by atoms with Crippen molar-refractivity contribution in [1.29, 1.82) is 0 Å². The van der Waals surface area contributed by atoms with Crippen LogP contribution in [0, 0.1) is 20.8 Å². The number of ether oxygens (including phenoxy) is 3. The fraction of sp³-hybridized carbons (Fsp3) is 0.304. The molecule has 0 aliphatic carbocycles. The predicted octanol–water partition coefficient (Wildman–Crippen LogP) is 4.84. The highest BCUT2D eigenvalue weighted by atomic mass is 16.6. The maximum atomic E-state index is 12.8. The van der Waals surface area contributed by atoms with Gasteiger partial charge in [0.25, 0.3) is 0 Å². The van der Waals surface area contributed by atoms with Gasteiger partial charge in [0.05, 0.1) is 12.0 Å². The van der Waals surface area contributed by atoms with Crippen molar-refractivity contribution < 1.29 is 23.4 Å². The van der Waals surface area contributed by atoms with E-state index in [9.17, 15) is 9.59 Å². The van der Waals surface area contributed by atoms with Gasteiger partial charge in [0.15, 0.2) is 6.10 Å². The summed E-state index contributed by atoms with van der Waals surface area (Å²) in [6.45, 7) is 9.52. The maximum Gasteiger partial charge on any atom is 0.347 e. The summed E-state index contributed by atoms with van der Waals surface area (Å²) in [4.78, 5) is 24.6. The number of carbonyl (C=O) groups excluding carboxylic acids is 1. The van der Waals surface area contributed by atoms with Gasteiger partial charge >= 0.3 is 5.97 Å². The van der Waals surface area contributed by atoms with Gasteiger partial charge in [-0.3, -0.25) is 4.79 Å². The molecule has 0 aliphatic heterocycles. The molecule has 0 aliphatic rings. The monoisotopic (exact) mass is 396 g/mol. The first-order valence-corrected chi connectivity index (χ1v) is 9.44. The Hall–Kier alpha value is -3.28. The molecule has 1 atom stereocenters. The summed E-state index contributed by atoms with van der Waals surface area (Å²) in [6, 6.07) is 8.72. The lowest BCUT2D eigenvalue weighted by atomic mass is 10.1. The summed E-state index contributed by atoms with van der Waals surface area (Å²) >= 11 is 0. The lowest BCUT2D eigenvalue weighted by Gasteiger charge is -2.14. The topological polar surface area (TPSA) is 75.0 Å². The number of carbonyl (C=O) groups is 1. The maximum absolute atomic E-state index is 12.8. The Balaban J connectivity index is 1.89. The average molecular weight is 396 g/mol. The summed E-state index contributed by atoms with van der Waals surface area (Å²) in [6.07, 6.45) is 0.523. The second-order valence-corrected chi connectivity index (χ2v) is 6.91. The molecule has 0 fully saturated rings. The van der Waals surface area contributed by atoms with Crippen LogP contribution in [0.15, 0.2) is 45.8 Å². The number of fused-ring (bicyclic) bond motifs is 1. The molecule has 0 N–H and O–H groups in total. The summed E-state index contributed by atoms with van der Waals surface area (Å²) in [5.41, 5.74) is 3.16. The Morgan fingerprint density at radius 1 is 1.10 bits per heavy atom. The molecule has 29 heavy (non-hydrogen) atoms. The number of benzene rings is 2. The van der Waals surface area contributed by atoms with E-state index in [1.54, 1.807) is 32.0 Å². The van der Waals surface area contributed by atoms with E-state index < -0.39 is 12.1 Å². The lowest BCUT2D eigenvalue weighted by Crippen LogP contribution is -2.26. The van der Waals surface area contributed by atoms with Gasteiger partial charge in [-0.25, -0.2) is 4.79 Å². The largest absolute Gasteiger partial charge is 0.479 e. The van der Waals surface area contributed by atoms with Gasteiger partial charge in [0, 0.05) is 6.07 Å². The van der Waals surface area contributed by atoms with Gasteiger partial charge in [-0.1, -0.05) is 6.07 Å². The molecule has 1 aromatic heterocycles. The van der Waals surface area contributed by atoms with E-state index in [4.69, 9.17) is 18.6 Å². The van der Waals surface area contributed by atoms with Gasteiger partial charge < -0.3 is 18.6 Å². The van der Waals surface area contributed by atoms with E-state index in [0.717, 1.165) is 16.7 Å². The highest BCUT2D eigenvalue weighted by Crippen LogP contribution is 2.29. The van der Waals surface area contributed by atoms with Crippen LogP contribution in [0.25, 0.3) is 11.0 Å². The number of aryl methyl sites for hydroxylation is 2. The van der Waals surface area contributed by atoms with Crippen molar-refractivity contribution in [3.63, 3.8) is 0 Å². The van der Waals surface area contributed by atoms with Crippen molar-refractivity contribution in [1.82, 2.24) is 0 Å². The standard InChI is InChI=1S/C23H24O6/c1-6-26-23(25)16(5)28-17-7-8-18-20(11-17)27-12-21(22(18)24)29-19-10-13(2)9-14(3)15(19)4/h7-12,16H,6H2,1-5H3. The number of esters is 1. The van der Waals surface area contributed by atoms with Crippen LogP contribution in [0.2, 0.25) is 0 Å². The van der Waals surface area contributed by atoms with E-state index in [2.05, 4.69) is 6.07 Å². The molecule has 2 aromatic carbocycles. The average Bonchev–Trinajstić information content (AvgIpc) is 2.68. The van der Waals surface area contributed by atoms with E-state index in [1.165, 1.54) is 6.26 Å². The first kappa shape index (κ1) is 20.5. The Bertz CT molecular complexity index is 1110. The number of rotatable bonds is 6. The zero-order chi connectivity index (χ0) is 21.1. The van der Waals surface area contributed by atoms with Crippen molar-refractivity contribution in [2.45, 2.75) is 40.7 Å². The fourth-order valence-electron chi connectivity index (χ4n) is 2.97. The zero-order valence-corrected chi connectivity index (χ0v) is 17.2. The second kappa shape index (κ2) is 8.39. The Morgan fingerprint density at radius 3 is 2.59 bits per heavy atom. The van der Waals surface area contributed by atoms with Crippen LogP contribution in [0.3, 0.4) is 0 Å².